The third kappa shape index (κ3) is 4.51. The van der Waals surface area contributed by atoms with E-state index in [-0.39, 0.29) is 0 Å². The zero-order valence-corrected chi connectivity index (χ0v) is 10.9. The average Bonchev–Trinajstić information content (AvgIpc) is 2.70. The molecule has 106 valence electrons. The summed E-state index contributed by atoms with van der Waals surface area (Å²) in [7, 11) is 0. The molecule has 0 bridgehead atoms. The second-order valence-corrected chi connectivity index (χ2v) is 5.30. The van der Waals surface area contributed by atoms with E-state index in [0.29, 0.717) is 13.0 Å². The fraction of sp³-hybridized carbons (Fsp3) is 0.571. The van der Waals surface area contributed by atoms with Gasteiger partial charge in [0.25, 0.3) is 0 Å². The number of rotatable bonds is 4. The molecule has 1 heterocycles. The molecule has 5 heteroatoms. The topological polar surface area (TPSA) is 12.5 Å². The van der Waals surface area contributed by atoms with Crippen LogP contribution in [0.4, 0.5) is 13.2 Å². The van der Waals surface area contributed by atoms with Gasteiger partial charge in [-0.3, -0.25) is 4.90 Å². The van der Waals surface area contributed by atoms with Crippen molar-refractivity contribution in [3.05, 3.63) is 35.9 Å². The highest BCUT2D eigenvalue weighted by Crippen LogP contribution is 2.28. The van der Waals surface area contributed by atoms with E-state index in [0.717, 1.165) is 13.1 Å². The Morgan fingerprint density at radius 1 is 1.26 bits per heavy atom. The summed E-state index contributed by atoms with van der Waals surface area (Å²) in [6.45, 7) is 2.65. The van der Waals surface area contributed by atoms with E-state index in [1.165, 1.54) is 5.56 Å². The van der Waals surface area contributed by atoms with Crippen LogP contribution in [0.25, 0.3) is 0 Å². The summed E-state index contributed by atoms with van der Waals surface area (Å²) in [4.78, 5) is 2.13. The lowest BCUT2D eigenvalue weighted by molar-refractivity contribution is -0.200. The zero-order valence-electron chi connectivity index (χ0n) is 10.9. The molecule has 0 N–H and O–H groups in total. The first kappa shape index (κ1) is 14.3. The minimum absolute atomic E-state index is 0.540. The van der Waals surface area contributed by atoms with Gasteiger partial charge >= 0.3 is 6.18 Å². The molecule has 1 saturated heterocycles. The summed E-state index contributed by atoms with van der Waals surface area (Å²) in [5.74, 6) is 0. The fourth-order valence-electron chi connectivity index (χ4n) is 2.38. The van der Waals surface area contributed by atoms with E-state index in [1.807, 2.05) is 30.3 Å². The smallest absolute Gasteiger partial charge is 0.364 e. The van der Waals surface area contributed by atoms with Crippen molar-refractivity contribution in [2.45, 2.75) is 31.7 Å². The minimum Gasteiger partial charge on any atom is -0.364 e. The van der Waals surface area contributed by atoms with Crippen molar-refractivity contribution in [2.24, 2.45) is 0 Å². The third-order valence-electron chi connectivity index (χ3n) is 3.35. The summed E-state index contributed by atoms with van der Waals surface area (Å²) in [6.07, 6.45) is -3.62. The van der Waals surface area contributed by atoms with E-state index in [2.05, 4.69) is 4.90 Å². The van der Waals surface area contributed by atoms with Crippen molar-refractivity contribution >= 4 is 0 Å². The molecule has 2 rings (SSSR count). The molecule has 1 aliphatic heterocycles. The highest BCUT2D eigenvalue weighted by Gasteiger charge is 2.38. The lowest BCUT2D eigenvalue weighted by atomic mass is 10.1. The van der Waals surface area contributed by atoms with Crippen LogP contribution in [0.5, 0.6) is 0 Å². The monoisotopic (exact) mass is 273 g/mol. The Morgan fingerprint density at radius 3 is 2.58 bits per heavy atom. The van der Waals surface area contributed by atoms with Crippen molar-refractivity contribution < 1.29 is 17.9 Å². The van der Waals surface area contributed by atoms with Crippen LogP contribution in [0.2, 0.25) is 0 Å². The quantitative estimate of drug-likeness (QED) is 0.835. The average molecular weight is 273 g/mol. The number of hydrogen-bond acceptors (Lipinski definition) is 2. The van der Waals surface area contributed by atoms with Crippen molar-refractivity contribution in [2.75, 3.05) is 19.7 Å². The lowest BCUT2D eigenvalue weighted by Crippen LogP contribution is -2.36. The van der Waals surface area contributed by atoms with Gasteiger partial charge in [0.1, 0.15) is 6.61 Å². The molecule has 0 aliphatic carbocycles. The van der Waals surface area contributed by atoms with E-state index in [4.69, 9.17) is 4.74 Å². The van der Waals surface area contributed by atoms with Crippen molar-refractivity contribution in [3.63, 3.8) is 0 Å². The summed E-state index contributed by atoms with van der Waals surface area (Å²) in [5, 5.41) is 0. The first-order chi connectivity index (χ1) is 8.86. The maximum absolute atomic E-state index is 12.2. The first-order valence-corrected chi connectivity index (χ1v) is 6.33. The molecular formula is C14H18F3NO. The summed E-state index contributed by atoms with van der Waals surface area (Å²) < 4.78 is 41.6. The van der Waals surface area contributed by atoms with Gasteiger partial charge in [0, 0.05) is 19.6 Å². The van der Waals surface area contributed by atoms with Crippen LogP contribution in [-0.2, 0) is 11.3 Å². The molecule has 1 unspecified atom stereocenters. The Balaban J connectivity index is 1.85. The predicted molar refractivity (Wildman–Crippen MR) is 66.7 cm³/mol. The molecule has 2 nitrogen and oxygen atoms in total. The van der Waals surface area contributed by atoms with Gasteiger partial charge in [0.15, 0.2) is 0 Å². The summed E-state index contributed by atoms with van der Waals surface area (Å²) >= 11 is 0. The van der Waals surface area contributed by atoms with E-state index < -0.39 is 18.4 Å². The molecule has 1 fully saturated rings. The van der Waals surface area contributed by atoms with Crippen LogP contribution in [-0.4, -0.2) is 36.4 Å². The minimum atomic E-state index is -4.25. The SMILES string of the molecule is CC1(OCC(F)(F)F)CCN(Cc2ccccc2)C1. The number of ether oxygens (including phenoxy) is 1. The Bertz CT molecular complexity index is 407. The van der Waals surface area contributed by atoms with Gasteiger partial charge in [-0.15, -0.1) is 0 Å². The van der Waals surface area contributed by atoms with Gasteiger partial charge in [-0.2, -0.15) is 13.2 Å². The number of benzene rings is 1. The van der Waals surface area contributed by atoms with Crippen LogP contribution < -0.4 is 0 Å². The molecule has 1 atom stereocenters. The highest BCUT2D eigenvalue weighted by atomic mass is 19.4. The maximum Gasteiger partial charge on any atom is 0.411 e. The lowest BCUT2D eigenvalue weighted by Gasteiger charge is -2.26. The van der Waals surface area contributed by atoms with E-state index in [1.54, 1.807) is 6.92 Å². The number of hydrogen-bond donors (Lipinski definition) is 0. The standard InChI is InChI=1S/C14H18F3NO/c1-13(19-11-14(15,16)17)7-8-18(10-13)9-12-5-3-2-4-6-12/h2-6H,7-11H2,1H3. The van der Waals surface area contributed by atoms with E-state index in [9.17, 15) is 13.2 Å². The Hall–Kier alpha value is -1.07. The summed E-state index contributed by atoms with van der Waals surface area (Å²) in [6, 6.07) is 9.91. The van der Waals surface area contributed by atoms with Crippen LogP contribution in [0.1, 0.15) is 18.9 Å². The van der Waals surface area contributed by atoms with Crippen molar-refractivity contribution in [3.8, 4) is 0 Å². The third-order valence-corrected chi connectivity index (χ3v) is 3.35. The van der Waals surface area contributed by atoms with Crippen LogP contribution in [0, 0.1) is 0 Å². The Labute approximate surface area is 111 Å². The summed E-state index contributed by atoms with van der Waals surface area (Å²) in [5.41, 5.74) is 0.479. The number of nitrogens with zero attached hydrogens (tertiary/aromatic N) is 1. The normalized spacial score (nSPS) is 24.8. The molecule has 0 spiro atoms. The zero-order chi connectivity index (χ0) is 13.9. The molecule has 0 amide bonds. The molecular weight excluding hydrogens is 255 g/mol. The van der Waals surface area contributed by atoms with Crippen LogP contribution in [0.15, 0.2) is 30.3 Å². The first-order valence-electron chi connectivity index (χ1n) is 6.33. The molecule has 0 saturated carbocycles. The van der Waals surface area contributed by atoms with Crippen LogP contribution >= 0.6 is 0 Å². The van der Waals surface area contributed by atoms with Crippen molar-refractivity contribution in [1.29, 1.82) is 0 Å². The fourth-order valence-corrected chi connectivity index (χ4v) is 2.38. The molecule has 1 aromatic carbocycles. The molecule has 1 aromatic rings. The van der Waals surface area contributed by atoms with E-state index >= 15 is 0 Å². The largest absolute Gasteiger partial charge is 0.411 e. The predicted octanol–water partition coefficient (Wildman–Crippen LogP) is 3.23. The van der Waals surface area contributed by atoms with Gasteiger partial charge in [-0.05, 0) is 18.9 Å². The molecule has 19 heavy (non-hydrogen) atoms. The van der Waals surface area contributed by atoms with Gasteiger partial charge < -0.3 is 4.74 Å². The molecule has 0 aromatic heterocycles. The number of likely N-dealkylation sites (tertiary alicyclic amines) is 1. The molecule has 1 aliphatic rings. The van der Waals surface area contributed by atoms with Gasteiger partial charge in [-0.25, -0.2) is 0 Å². The van der Waals surface area contributed by atoms with Crippen molar-refractivity contribution in [1.82, 2.24) is 4.90 Å². The maximum atomic E-state index is 12.2. The Kier molecular flexibility index (Phi) is 4.16. The van der Waals surface area contributed by atoms with Gasteiger partial charge in [-0.1, -0.05) is 30.3 Å². The second kappa shape index (κ2) is 5.51. The van der Waals surface area contributed by atoms with Gasteiger partial charge in [0.2, 0.25) is 0 Å². The van der Waals surface area contributed by atoms with Crippen LogP contribution in [0.3, 0.4) is 0 Å². The highest BCUT2D eigenvalue weighted by molar-refractivity contribution is 5.14. The second-order valence-electron chi connectivity index (χ2n) is 5.30. The molecule has 0 radical (unpaired) electrons. The number of halogens is 3. The Morgan fingerprint density at radius 2 is 1.95 bits per heavy atom. The van der Waals surface area contributed by atoms with Gasteiger partial charge in [0.05, 0.1) is 5.60 Å². The number of alkyl halides is 3.